The molecule has 7 aromatic rings. The molecule has 0 aliphatic heterocycles. The van der Waals surface area contributed by atoms with Crippen LogP contribution < -0.4 is 29.6 Å². The van der Waals surface area contributed by atoms with Gasteiger partial charge in [-0.15, -0.1) is 0 Å². The van der Waals surface area contributed by atoms with Crippen molar-refractivity contribution in [2.24, 2.45) is 4.99 Å². The number of aliphatic hydroxyl groups excluding tert-OH is 1. The summed E-state index contributed by atoms with van der Waals surface area (Å²) < 4.78 is 686. The second-order valence-corrected chi connectivity index (χ2v) is 29.0. The van der Waals surface area contributed by atoms with Gasteiger partial charge in [-0.2, -0.15) is 229 Å². The van der Waals surface area contributed by atoms with Gasteiger partial charge in [-0.1, -0.05) is 194 Å². The van der Waals surface area contributed by atoms with Crippen LogP contribution in [0.2, 0.25) is 5.02 Å². The van der Waals surface area contributed by atoms with Crippen LogP contribution in [0.5, 0.6) is 0 Å². The van der Waals surface area contributed by atoms with E-state index in [2.05, 4.69) is 10.0 Å². The molecule has 0 fully saturated rings. The summed E-state index contributed by atoms with van der Waals surface area (Å²) in [4.78, 5) is 33.7. The van der Waals surface area contributed by atoms with Crippen molar-refractivity contribution in [2.45, 2.75) is 173 Å². The van der Waals surface area contributed by atoms with Crippen LogP contribution in [0.1, 0.15) is 54.1 Å². The third kappa shape index (κ3) is 24.8. The molecule has 0 aliphatic rings. The van der Waals surface area contributed by atoms with E-state index in [1.165, 1.54) is 78.9 Å². The van der Waals surface area contributed by atoms with Crippen LogP contribution in [-0.2, 0) is 25.5 Å². The van der Waals surface area contributed by atoms with E-state index in [0.29, 0.717) is 16.3 Å². The number of rotatable bonds is 38. The molecule has 0 saturated carbocycles. The summed E-state index contributed by atoms with van der Waals surface area (Å²) >= 11 is 5.57. The number of nitrogens with zero attached hydrogens (tertiary/aromatic N) is 4. The third-order valence-electron chi connectivity index (χ3n) is 19.1. The Morgan fingerprint density at radius 2 is 0.566 bits per heavy atom. The predicted octanol–water partition coefficient (Wildman–Crippen LogP) is 26.0. The topological polar surface area (TPSA) is 182 Å². The number of aliphatic imine (C=N–C) groups is 1. The molecule has 0 aliphatic carbocycles. The number of hydrogen-bond acceptors (Lipinski definition) is 10. The Labute approximate surface area is 802 Å². The van der Waals surface area contributed by atoms with E-state index < -0.39 is 210 Å². The zero-order chi connectivity index (χ0) is 112. The number of aliphatic hydroxyl groups is 1. The van der Waals surface area contributed by atoms with E-state index in [1.54, 1.807) is 30.3 Å². The normalized spacial score (nSPS) is 14.0. The molecular weight excluding hydrogens is 2180 g/mol. The third-order valence-corrected chi connectivity index (χ3v) is 19.3. The summed E-state index contributed by atoms with van der Waals surface area (Å²) in [6.45, 7) is -7.52. The maximum Gasteiger partial charge on any atom is 1.00 e. The van der Waals surface area contributed by atoms with E-state index in [0.717, 1.165) is 65.9 Å². The average Bonchev–Trinajstić information content (AvgIpc) is 0.699. The molecule has 13 nitrogen and oxygen atoms in total. The van der Waals surface area contributed by atoms with E-state index in [9.17, 15) is 254 Å². The second kappa shape index (κ2) is 45.6. The summed E-state index contributed by atoms with van der Waals surface area (Å²) in [5.41, 5.74) is -3.01. The van der Waals surface area contributed by atoms with E-state index in [1.807, 2.05) is 60.7 Å². The Morgan fingerprint density at radius 1 is 0.338 bits per heavy atom. The van der Waals surface area contributed by atoms with Crippen molar-refractivity contribution < 1.29 is 284 Å². The minimum atomic E-state index is -8.74. The molecule has 0 aromatic heterocycles. The number of carbonyl (C=O) groups excluding carboxylic acids is 1. The number of halogens is 52. The van der Waals surface area contributed by atoms with E-state index >= 15 is 0 Å². The first-order chi connectivity index (χ1) is 64.7. The van der Waals surface area contributed by atoms with Gasteiger partial charge in [0.1, 0.15) is 0 Å². The smallest absolute Gasteiger partial charge is 1.00 e. The summed E-state index contributed by atoms with van der Waals surface area (Å²) in [6, 6.07) is 51.3. The first-order valence-corrected chi connectivity index (χ1v) is 37.4. The molecule has 145 heavy (non-hydrogen) atoms. The van der Waals surface area contributed by atoms with Gasteiger partial charge in [-0.3, -0.25) is 20.2 Å². The quantitative estimate of drug-likeness (QED) is 0.00983. The van der Waals surface area contributed by atoms with Crippen molar-refractivity contribution in [1.82, 2.24) is 0 Å². The maximum absolute atomic E-state index is 14.4. The van der Waals surface area contributed by atoms with Crippen LogP contribution in [-0.4, -0.2) is 190 Å². The molecule has 0 spiro atoms. The first kappa shape index (κ1) is 130. The second-order valence-electron chi connectivity index (χ2n) is 28.5. The Bertz CT molecular complexity index is 5390. The van der Waals surface area contributed by atoms with E-state index in [4.69, 9.17) is 26.2 Å². The molecule has 0 saturated heterocycles. The minimum Gasteiger partial charge on any atom is -1.00 e. The molecule has 7 rings (SSSR count). The van der Waals surface area contributed by atoms with Gasteiger partial charge in [0.05, 0.1) is 29.4 Å². The summed E-state index contributed by atoms with van der Waals surface area (Å²) in [5.74, 6) is -171. The van der Waals surface area contributed by atoms with Gasteiger partial charge >= 0.3 is 179 Å². The van der Waals surface area contributed by atoms with Gasteiger partial charge in [-0.05, 0) is 46.5 Å². The fourth-order valence-corrected chi connectivity index (χ4v) is 11.3. The number of alkyl halides is 51. The zero-order valence-electron chi connectivity index (χ0n) is 70.8. The average molecular weight is 2230 g/mol. The Kier molecular flexibility index (Phi) is 41.0. The van der Waals surface area contributed by atoms with Crippen LogP contribution in [0.25, 0.3) is 10.6 Å². The molecule has 1 N–H and O–H groups in total. The Morgan fingerprint density at radius 3 is 0.793 bits per heavy atom. The molecule has 0 amide bonds. The first-order valence-electron chi connectivity index (χ1n) is 37.0. The van der Waals surface area contributed by atoms with Crippen molar-refractivity contribution in [1.29, 1.82) is 0 Å². The monoisotopic (exact) mass is 2230 g/mol. The van der Waals surface area contributed by atoms with E-state index in [-0.39, 0.29) is 53.2 Å². The zero-order valence-corrected chi connectivity index (χ0v) is 72.6. The SMILES string of the molecule is O=C=Nc1ccc(Cl)cc1.O=[N+]([O-])C=C(c1ccccc1)c1ccccc1.O=[N+]([O-])CC(OCCC(F)(F)C(F)(F)C(F)(F)C(F)(F)C(F)(F)C(F)(F)C(F)(F)C(F)(F)F)(c1ccccc1)c1ccccc1.OCCC(F)(F)C(F)(F)C(F)(F)C(F)(F)C(F)(F)C(F)(F)C(F)(F)C(F)(F)F.[H-].[Na+].[O-][N+]#CC(OCCC(F)(F)C(F)(F)C(F)(F)C(F)(F)C(F)(F)C(F)(F)C(F)(F)C(F)(F)F)(c1ccccc1)c1ccccc1. The van der Waals surface area contributed by atoms with Crippen molar-refractivity contribution in [3.8, 4) is 6.07 Å². The number of isocyanates is 1. The number of hydrogen-bond donors (Lipinski definition) is 1. The van der Waals surface area contributed by atoms with Crippen LogP contribution in [0.3, 0.4) is 0 Å². The molecule has 806 valence electrons. The van der Waals surface area contributed by atoms with Crippen LogP contribution >= 0.6 is 11.6 Å². The van der Waals surface area contributed by atoms with Gasteiger partial charge in [-0.25, -0.2) is 4.79 Å². The number of ether oxygens (including phenoxy) is 2. The molecule has 0 bridgehead atoms. The van der Waals surface area contributed by atoms with Crippen LogP contribution in [0.4, 0.5) is 230 Å². The van der Waals surface area contributed by atoms with Gasteiger partial charge in [0, 0.05) is 52.0 Å². The van der Waals surface area contributed by atoms with Gasteiger partial charge in [0.2, 0.25) is 18.8 Å². The van der Waals surface area contributed by atoms with Crippen LogP contribution in [0.15, 0.2) is 217 Å². The molecule has 0 radical (unpaired) electrons. The molecule has 7 aromatic carbocycles. The summed E-state index contributed by atoms with van der Waals surface area (Å²) in [5, 5.41) is 44.1. The van der Waals surface area contributed by atoms with Gasteiger partial charge < -0.3 is 21.2 Å². The largest absolute Gasteiger partial charge is 1.00 e. The predicted molar refractivity (Wildman–Crippen MR) is 392 cm³/mol. The van der Waals surface area contributed by atoms with Crippen molar-refractivity contribution in [2.75, 3.05) is 26.4 Å². The van der Waals surface area contributed by atoms with Crippen molar-refractivity contribution >= 4 is 28.9 Å². The molecule has 0 atom stereocenters. The Balaban J connectivity index is 0.000000977. The fourth-order valence-electron chi connectivity index (χ4n) is 11.2. The molecular formula is C79H51ClF51N4NaO9. The minimum absolute atomic E-state index is 0. The maximum atomic E-state index is 14.4. The number of benzene rings is 7. The van der Waals surface area contributed by atoms with Crippen molar-refractivity contribution in [3.63, 3.8) is 0 Å². The molecule has 66 heteroatoms. The standard InChI is InChI=1S/C24H16F17NO3.C24H14F17NO2.C14H11NO2.C10H5F17O.C7H4ClNO.Na.H/c25-17(26,11-12-45-16(13-42(43)44,14-7-3-1-4-8-14)15-9-5-2-6-10-15)18(27,28)19(29,30)20(31,32)21(33,34)22(35,36)23(37,38)24(39,40)41;25-17(26,11-12-44-16(13-42-43,14-7-3-1-4-8-14)15-9-5-2-6-10-15)18(27,28)19(29,30)20(31,32)21(33,34)22(35,36)23(37,38)24(39,40)41;16-15(17)11-14(12-7-3-1-4-8-12)13-9-5-2-6-10-13;11-3(12,1-2-28)4(13,14)5(15,16)6(17,18)7(19,20)8(21,22)9(23,24)10(25,26)27;8-6-1-3-7(4-2-6)9-5-10;;/h1-10H,11-13H2;1-10H,11-12H2;1-11H;28H,1-2H2;1-4H;;/q;;;;;+1;-1. The fraction of sp³-hybridized carbons (Fsp3) is 0.418. The van der Waals surface area contributed by atoms with Crippen LogP contribution in [0, 0.1) is 31.5 Å². The van der Waals surface area contributed by atoms with Crippen molar-refractivity contribution in [3.05, 3.63) is 281 Å². The summed E-state index contributed by atoms with van der Waals surface area (Å²) in [6.07, 6.45) is -29.5. The molecule has 0 heterocycles. The molecule has 0 unspecified atom stereocenters. The summed E-state index contributed by atoms with van der Waals surface area (Å²) in [7, 11) is 0. The van der Waals surface area contributed by atoms with Gasteiger partial charge in [0.15, 0.2) is 5.60 Å². The number of nitro groups is 2. The van der Waals surface area contributed by atoms with Gasteiger partial charge in [0.25, 0.3) is 5.60 Å². The Hall–Kier alpha value is -10.7.